The number of carbonyl (C=O) groups excluding carboxylic acids is 1. The van der Waals surface area contributed by atoms with E-state index in [9.17, 15) is 18.0 Å². The van der Waals surface area contributed by atoms with E-state index in [-0.39, 0.29) is 18.0 Å². The summed E-state index contributed by atoms with van der Waals surface area (Å²) in [6, 6.07) is 2.43. The Bertz CT molecular complexity index is 1040. The number of carbonyl (C=O) groups is 1. The standard InChI is InChI=1S/C21H23F3N6OS/c1-11-19(31)30-7-3-4-15-17(30)18(29(11)2)28-20(27-15)26-12-8-14(9-12)32-13-5-6-16(25-10-13)21(22,23)24/h5-6,10-12,14H,3-4,7-9H2,1-2H3,(H,26,27,28)/t11-,12-,14-/m0/s1. The van der Waals surface area contributed by atoms with Crippen LogP contribution in [-0.4, -0.2) is 51.8 Å². The second-order valence-corrected chi connectivity index (χ2v) is 9.85. The lowest BCUT2D eigenvalue weighted by Gasteiger charge is -2.42. The fourth-order valence-corrected chi connectivity index (χ4v) is 5.64. The van der Waals surface area contributed by atoms with Crippen molar-refractivity contribution >= 4 is 35.1 Å². The Morgan fingerprint density at radius 1 is 1.22 bits per heavy atom. The molecule has 0 bridgehead atoms. The fraction of sp³-hybridized carbons (Fsp3) is 0.524. The van der Waals surface area contributed by atoms with Gasteiger partial charge >= 0.3 is 6.18 Å². The molecular weight excluding hydrogens is 441 g/mol. The lowest BCUT2D eigenvalue weighted by atomic mass is 9.92. The largest absolute Gasteiger partial charge is 0.433 e. The van der Waals surface area contributed by atoms with Crippen molar-refractivity contribution in [3.63, 3.8) is 0 Å². The second kappa shape index (κ2) is 7.79. The Morgan fingerprint density at radius 3 is 2.69 bits per heavy atom. The Kier molecular flexibility index (Phi) is 5.18. The van der Waals surface area contributed by atoms with Crippen molar-refractivity contribution in [3.05, 3.63) is 29.7 Å². The van der Waals surface area contributed by atoms with Crippen LogP contribution < -0.4 is 15.1 Å². The van der Waals surface area contributed by atoms with Crippen LogP contribution in [0.5, 0.6) is 0 Å². The minimum absolute atomic E-state index is 0.0851. The smallest absolute Gasteiger partial charge is 0.351 e. The summed E-state index contributed by atoms with van der Waals surface area (Å²) < 4.78 is 38.0. The normalized spacial score (nSPS) is 24.8. The molecule has 11 heteroatoms. The average molecular weight is 465 g/mol. The molecule has 3 aliphatic rings. The molecule has 1 amide bonds. The number of anilines is 3. The van der Waals surface area contributed by atoms with E-state index in [4.69, 9.17) is 9.97 Å². The summed E-state index contributed by atoms with van der Waals surface area (Å²) in [7, 11) is 1.88. The van der Waals surface area contributed by atoms with Crippen LogP contribution >= 0.6 is 11.8 Å². The van der Waals surface area contributed by atoms with Gasteiger partial charge in [-0.25, -0.2) is 4.98 Å². The van der Waals surface area contributed by atoms with Gasteiger partial charge in [0.1, 0.15) is 17.4 Å². The first kappa shape index (κ1) is 21.3. The molecule has 170 valence electrons. The first-order valence-corrected chi connectivity index (χ1v) is 11.5. The molecule has 0 spiro atoms. The number of pyridine rings is 1. The number of rotatable bonds is 4. The minimum Gasteiger partial charge on any atom is -0.351 e. The van der Waals surface area contributed by atoms with Crippen LogP contribution in [0, 0.1) is 0 Å². The van der Waals surface area contributed by atoms with Gasteiger partial charge in [0.05, 0.1) is 5.69 Å². The second-order valence-electron chi connectivity index (χ2n) is 8.48. The summed E-state index contributed by atoms with van der Waals surface area (Å²) in [5, 5.41) is 3.71. The zero-order valence-corrected chi connectivity index (χ0v) is 18.5. The summed E-state index contributed by atoms with van der Waals surface area (Å²) in [5.74, 6) is 1.44. The van der Waals surface area contributed by atoms with Crippen LogP contribution in [0.3, 0.4) is 0 Å². The van der Waals surface area contributed by atoms with Gasteiger partial charge in [0.2, 0.25) is 11.9 Å². The summed E-state index contributed by atoms with van der Waals surface area (Å²) in [6.45, 7) is 2.59. The number of nitrogens with zero attached hydrogens (tertiary/aromatic N) is 5. The van der Waals surface area contributed by atoms with Crippen LogP contribution in [0.2, 0.25) is 0 Å². The van der Waals surface area contributed by atoms with E-state index in [2.05, 4.69) is 10.3 Å². The van der Waals surface area contributed by atoms with Gasteiger partial charge < -0.3 is 15.1 Å². The monoisotopic (exact) mass is 464 g/mol. The quantitative estimate of drug-likeness (QED) is 0.739. The zero-order chi connectivity index (χ0) is 22.6. The van der Waals surface area contributed by atoms with E-state index < -0.39 is 11.9 Å². The van der Waals surface area contributed by atoms with Crippen molar-refractivity contribution in [2.75, 3.05) is 28.7 Å². The first-order valence-electron chi connectivity index (χ1n) is 10.6. The predicted molar refractivity (Wildman–Crippen MR) is 116 cm³/mol. The van der Waals surface area contributed by atoms with Crippen molar-refractivity contribution < 1.29 is 18.0 Å². The summed E-state index contributed by atoms with van der Waals surface area (Å²) in [4.78, 5) is 30.0. The molecule has 1 atom stereocenters. The molecular formula is C21H23F3N6OS. The zero-order valence-electron chi connectivity index (χ0n) is 17.7. The number of hydrogen-bond donors (Lipinski definition) is 1. The highest BCUT2D eigenvalue weighted by atomic mass is 32.2. The highest BCUT2D eigenvalue weighted by Gasteiger charge is 2.39. The van der Waals surface area contributed by atoms with Crippen LogP contribution in [0.25, 0.3) is 0 Å². The van der Waals surface area contributed by atoms with Gasteiger partial charge in [-0.3, -0.25) is 9.78 Å². The van der Waals surface area contributed by atoms with Crippen LogP contribution in [0.4, 0.5) is 30.6 Å². The van der Waals surface area contributed by atoms with Gasteiger partial charge in [-0.15, -0.1) is 11.8 Å². The van der Waals surface area contributed by atoms with Crippen molar-refractivity contribution in [2.45, 2.75) is 61.0 Å². The number of aryl methyl sites for hydroxylation is 1. The number of alkyl halides is 3. The molecule has 4 heterocycles. The Hall–Kier alpha value is -2.56. The average Bonchev–Trinajstić information content (AvgIpc) is 2.74. The van der Waals surface area contributed by atoms with Gasteiger partial charge in [0, 0.05) is 36.0 Å². The molecule has 7 nitrogen and oxygen atoms in total. The van der Waals surface area contributed by atoms with E-state index in [1.807, 2.05) is 23.8 Å². The highest BCUT2D eigenvalue weighted by molar-refractivity contribution is 8.00. The highest BCUT2D eigenvalue weighted by Crippen LogP contribution is 2.41. The SMILES string of the molecule is C[C@H]1C(=O)N2CCCc3nc(N[C@H]4C[C@H](Sc5ccc(C(F)(F)F)nc5)C4)nc(c32)N1C. The summed E-state index contributed by atoms with van der Waals surface area (Å²) >= 11 is 1.54. The van der Waals surface area contributed by atoms with Gasteiger partial charge in [0.25, 0.3) is 0 Å². The Labute approximate surface area is 187 Å². The van der Waals surface area contributed by atoms with E-state index in [1.165, 1.54) is 12.3 Å². The topological polar surface area (TPSA) is 74.2 Å². The maximum atomic E-state index is 12.7. The molecule has 1 saturated carbocycles. The van der Waals surface area contributed by atoms with Crippen LogP contribution in [-0.2, 0) is 17.4 Å². The lowest BCUT2D eigenvalue weighted by molar-refractivity contribution is -0.141. The van der Waals surface area contributed by atoms with Gasteiger partial charge in [-0.2, -0.15) is 18.2 Å². The maximum absolute atomic E-state index is 12.7. The molecule has 0 unspecified atom stereocenters. The van der Waals surface area contributed by atoms with Gasteiger partial charge in [-0.05, 0) is 44.7 Å². The molecule has 2 aromatic rings. The number of halogens is 3. The van der Waals surface area contributed by atoms with Crippen LogP contribution in [0.1, 0.15) is 37.6 Å². The van der Waals surface area contributed by atoms with E-state index >= 15 is 0 Å². The van der Waals surface area contributed by atoms with Gasteiger partial charge in [0.15, 0.2) is 5.82 Å². The number of amides is 1. The Balaban J connectivity index is 1.24. The van der Waals surface area contributed by atoms with E-state index in [0.717, 1.165) is 53.8 Å². The molecule has 1 N–H and O–H groups in total. The number of nitrogens with one attached hydrogen (secondary N) is 1. The molecule has 5 rings (SSSR count). The number of hydrogen-bond acceptors (Lipinski definition) is 7. The van der Waals surface area contributed by atoms with Crippen molar-refractivity contribution in [1.82, 2.24) is 15.0 Å². The molecule has 1 aliphatic carbocycles. The third-order valence-corrected chi connectivity index (χ3v) is 7.53. The van der Waals surface area contributed by atoms with Crippen LogP contribution in [0.15, 0.2) is 23.2 Å². The summed E-state index contributed by atoms with van der Waals surface area (Å²) in [6.07, 6.45) is 0.287. The number of thioether (sulfide) groups is 1. The predicted octanol–water partition coefficient (Wildman–Crippen LogP) is 3.74. The van der Waals surface area contributed by atoms with Crippen molar-refractivity contribution in [2.24, 2.45) is 0 Å². The molecule has 0 radical (unpaired) electrons. The summed E-state index contributed by atoms with van der Waals surface area (Å²) in [5.41, 5.74) is 0.865. The molecule has 32 heavy (non-hydrogen) atoms. The fourth-order valence-electron chi connectivity index (χ4n) is 4.33. The van der Waals surface area contributed by atoms with Crippen molar-refractivity contribution in [1.29, 1.82) is 0 Å². The Morgan fingerprint density at radius 2 is 2.00 bits per heavy atom. The van der Waals surface area contributed by atoms with E-state index in [0.29, 0.717) is 17.7 Å². The number of likely N-dealkylation sites (N-methyl/N-ethyl adjacent to an activating group) is 1. The maximum Gasteiger partial charge on any atom is 0.433 e. The molecule has 1 fully saturated rings. The molecule has 0 aromatic carbocycles. The third-order valence-electron chi connectivity index (χ3n) is 6.30. The lowest BCUT2D eigenvalue weighted by Crippen LogP contribution is -2.53. The van der Waals surface area contributed by atoms with Crippen molar-refractivity contribution in [3.8, 4) is 0 Å². The third kappa shape index (κ3) is 3.76. The molecule has 2 aliphatic heterocycles. The molecule has 2 aromatic heterocycles. The van der Waals surface area contributed by atoms with E-state index in [1.54, 1.807) is 11.8 Å². The first-order chi connectivity index (χ1) is 15.2. The number of aromatic nitrogens is 3. The minimum atomic E-state index is -4.42. The van der Waals surface area contributed by atoms with Gasteiger partial charge in [-0.1, -0.05) is 0 Å². The molecule has 0 saturated heterocycles.